The maximum absolute atomic E-state index is 14.2. The molecule has 1 aromatic heterocycles. The molecule has 3 heterocycles. The van der Waals surface area contributed by atoms with Crippen LogP contribution in [0.1, 0.15) is 57.7 Å². The van der Waals surface area contributed by atoms with E-state index in [0.717, 1.165) is 40.2 Å². The highest BCUT2D eigenvalue weighted by atomic mass is 32.1. The van der Waals surface area contributed by atoms with Crippen LogP contribution >= 0.6 is 11.3 Å². The number of fused-ring (bicyclic) bond motifs is 2. The Morgan fingerprint density at radius 3 is 2.52 bits per heavy atom. The number of ether oxygens (including phenoxy) is 1. The van der Waals surface area contributed by atoms with E-state index < -0.39 is 40.8 Å². The number of thiophene rings is 1. The van der Waals surface area contributed by atoms with E-state index in [4.69, 9.17) is 9.57 Å². The van der Waals surface area contributed by atoms with Gasteiger partial charge in [0.2, 0.25) is 5.91 Å². The minimum absolute atomic E-state index is 0.0830. The third-order valence-corrected chi connectivity index (χ3v) is 9.03. The molecule has 6 rings (SSSR count). The minimum Gasteiger partial charge on any atom is -0.462 e. The number of carbonyl (C=O) groups excluding carboxylic acids is 3. The van der Waals surface area contributed by atoms with Gasteiger partial charge in [0.05, 0.1) is 28.8 Å². The summed E-state index contributed by atoms with van der Waals surface area (Å²) in [5, 5.41) is 13.2. The van der Waals surface area contributed by atoms with Crippen LogP contribution in [-0.2, 0) is 32.0 Å². The summed E-state index contributed by atoms with van der Waals surface area (Å²) in [4.78, 5) is 60.4. The van der Waals surface area contributed by atoms with Crippen molar-refractivity contribution in [2.75, 3.05) is 16.6 Å². The standard InChI is InChI=1S/C29H27N3O7S/c1-3-38-29(35)22-19-9-5-7-11-21(19)40-28(22)30-26(33)23-24(17-12-14-18(15-13-17)32(36)37)31(39-25(23)27(30)34)20-10-6-4-8-16(20)2/h4,6,8,10,12-15,23-25H,3,5,7,9,11H2,1-2H3/t23-,24+,25+/m1/s1. The van der Waals surface area contributed by atoms with Crippen LogP contribution in [0.15, 0.2) is 48.5 Å². The van der Waals surface area contributed by atoms with Crippen molar-refractivity contribution in [2.24, 2.45) is 5.92 Å². The predicted molar refractivity (Wildman–Crippen MR) is 147 cm³/mol. The van der Waals surface area contributed by atoms with Crippen molar-refractivity contribution in [3.05, 3.63) is 85.8 Å². The monoisotopic (exact) mass is 561 g/mol. The Balaban J connectivity index is 1.45. The lowest BCUT2D eigenvalue weighted by molar-refractivity contribution is -0.384. The topological polar surface area (TPSA) is 119 Å². The van der Waals surface area contributed by atoms with E-state index in [1.54, 1.807) is 24.1 Å². The van der Waals surface area contributed by atoms with Crippen LogP contribution in [0.25, 0.3) is 0 Å². The third kappa shape index (κ3) is 4.08. The van der Waals surface area contributed by atoms with Crippen molar-refractivity contribution in [1.82, 2.24) is 0 Å². The summed E-state index contributed by atoms with van der Waals surface area (Å²) in [7, 11) is 0. The maximum Gasteiger partial charge on any atom is 0.341 e. The second-order valence-electron chi connectivity index (χ2n) is 10.1. The first kappa shape index (κ1) is 26.1. The number of non-ortho nitro benzene ring substituents is 1. The Labute approximate surface area is 234 Å². The van der Waals surface area contributed by atoms with E-state index in [2.05, 4.69) is 0 Å². The van der Waals surface area contributed by atoms with Crippen molar-refractivity contribution in [3.63, 3.8) is 0 Å². The van der Waals surface area contributed by atoms with Crippen LogP contribution in [0.3, 0.4) is 0 Å². The van der Waals surface area contributed by atoms with Crippen LogP contribution in [0, 0.1) is 23.0 Å². The fourth-order valence-electron chi connectivity index (χ4n) is 5.89. The van der Waals surface area contributed by atoms with Gasteiger partial charge in [-0.25, -0.2) is 14.8 Å². The van der Waals surface area contributed by atoms with Gasteiger partial charge in [0, 0.05) is 17.0 Å². The van der Waals surface area contributed by atoms with Crippen molar-refractivity contribution >= 4 is 45.5 Å². The van der Waals surface area contributed by atoms with Crippen molar-refractivity contribution < 1.29 is 28.9 Å². The molecule has 0 bridgehead atoms. The van der Waals surface area contributed by atoms with E-state index in [9.17, 15) is 24.5 Å². The Bertz CT molecular complexity index is 1530. The number of nitro groups is 1. The fourth-order valence-corrected chi connectivity index (χ4v) is 7.28. The van der Waals surface area contributed by atoms with Crippen LogP contribution in [-0.4, -0.2) is 35.4 Å². The summed E-state index contributed by atoms with van der Waals surface area (Å²) in [5.41, 5.74) is 3.23. The fraction of sp³-hybridized carbons (Fsp3) is 0.345. The number of imide groups is 1. The molecule has 2 aromatic carbocycles. The molecule has 10 nitrogen and oxygen atoms in total. The summed E-state index contributed by atoms with van der Waals surface area (Å²) < 4.78 is 5.35. The first-order valence-electron chi connectivity index (χ1n) is 13.3. The molecule has 0 spiro atoms. The third-order valence-electron chi connectivity index (χ3n) is 7.75. The molecular formula is C29H27N3O7S. The Morgan fingerprint density at radius 1 is 1.10 bits per heavy atom. The van der Waals surface area contributed by atoms with Crippen molar-refractivity contribution in [1.29, 1.82) is 0 Å². The number of anilines is 2. The van der Waals surface area contributed by atoms with Gasteiger partial charge < -0.3 is 4.74 Å². The van der Waals surface area contributed by atoms with E-state index in [-0.39, 0.29) is 12.3 Å². The molecule has 1 aliphatic carbocycles. The smallest absolute Gasteiger partial charge is 0.341 e. The number of aryl methyl sites for hydroxylation is 2. The highest BCUT2D eigenvalue weighted by Gasteiger charge is 2.61. The largest absolute Gasteiger partial charge is 0.462 e. The zero-order chi connectivity index (χ0) is 28.1. The average Bonchev–Trinajstić information content (AvgIpc) is 3.59. The van der Waals surface area contributed by atoms with Gasteiger partial charge >= 0.3 is 5.97 Å². The number of benzene rings is 2. The molecular weight excluding hydrogens is 534 g/mol. The van der Waals surface area contributed by atoms with Gasteiger partial charge in [0.15, 0.2) is 6.10 Å². The van der Waals surface area contributed by atoms with E-state index in [1.807, 2.05) is 31.2 Å². The first-order valence-corrected chi connectivity index (χ1v) is 14.1. The van der Waals surface area contributed by atoms with Gasteiger partial charge in [-0.05, 0) is 62.3 Å². The highest BCUT2D eigenvalue weighted by Crippen LogP contribution is 2.51. The average molecular weight is 562 g/mol. The van der Waals surface area contributed by atoms with Gasteiger partial charge in [-0.2, -0.15) is 0 Å². The lowest BCUT2D eigenvalue weighted by Gasteiger charge is -2.29. The van der Waals surface area contributed by atoms with Crippen LogP contribution < -0.4 is 9.96 Å². The molecule has 11 heteroatoms. The number of hydrogen-bond acceptors (Lipinski definition) is 9. The summed E-state index contributed by atoms with van der Waals surface area (Å²) in [6.45, 7) is 3.79. The molecule has 3 aliphatic rings. The number of para-hydroxylation sites is 1. The second kappa shape index (κ2) is 10.1. The molecule has 0 radical (unpaired) electrons. The van der Waals surface area contributed by atoms with Crippen molar-refractivity contribution in [2.45, 2.75) is 51.7 Å². The lowest BCUT2D eigenvalue weighted by atomic mass is 9.90. The summed E-state index contributed by atoms with van der Waals surface area (Å²) in [6, 6.07) is 12.7. The molecule has 2 saturated heterocycles. The van der Waals surface area contributed by atoms with Crippen molar-refractivity contribution in [3.8, 4) is 0 Å². The molecule has 0 N–H and O–H groups in total. The first-order chi connectivity index (χ1) is 19.3. The number of rotatable bonds is 6. The normalized spacial score (nSPS) is 21.9. The number of nitrogens with zero attached hydrogens (tertiary/aromatic N) is 3. The predicted octanol–water partition coefficient (Wildman–Crippen LogP) is 5.07. The van der Waals surface area contributed by atoms with Gasteiger partial charge in [-0.15, -0.1) is 11.3 Å². The number of hydrogen-bond donors (Lipinski definition) is 0. The van der Waals surface area contributed by atoms with E-state index in [0.29, 0.717) is 28.2 Å². The number of amides is 2. The Kier molecular flexibility index (Phi) is 6.63. The van der Waals surface area contributed by atoms with Crippen LogP contribution in [0.5, 0.6) is 0 Å². The van der Waals surface area contributed by atoms with Gasteiger partial charge in [0.1, 0.15) is 10.9 Å². The molecule has 2 amide bonds. The quantitative estimate of drug-likeness (QED) is 0.177. The van der Waals surface area contributed by atoms with E-state index in [1.165, 1.54) is 23.5 Å². The molecule has 206 valence electrons. The Morgan fingerprint density at radius 2 is 1.82 bits per heavy atom. The molecule has 0 unspecified atom stereocenters. The highest BCUT2D eigenvalue weighted by molar-refractivity contribution is 7.17. The number of carbonyl (C=O) groups is 3. The molecule has 2 aliphatic heterocycles. The summed E-state index contributed by atoms with van der Waals surface area (Å²) in [6.07, 6.45) is 2.23. The maximum atomic E-state index is 14.2. The zero-order valence-electron chi connectivity index (χ0n) is 22.0. The number of nitro benzene ring substituents is 1. The lowest BCUT2D eigenvalue weighted by Crippen LogP contribution is -2.38. The van der Waals surface area contributed by atoms with Gasteiger partial charge in [-0.1, -0.05) is 30.3 Å². The SMILES string of the molecule is CCOC(=O)c1c(N2C(=O)[C@H]3[C@H](ON(c4ccccc4C)[C@H]3c3ccc([N+](=O)[O-])cc3)C2=O)sc2c1CCCC2. The van der Waals surface area contributed by atoms with Crippen LogP contribution in [0.4, 0.5) is 16.4 Å². The minimum atomic E-state index is -1.12. The number of hydroxylamine groups is 1. The molecule has 0 saturated carbocycles. The van der Waals surface area contributed by atoms with Crippen LogP contribution in [0.2, 0.25) is 0 Å². The molecule has 3 atom stereocenters. The Hall–Kier alpha value is -4.09. The molecule has 40 heavy (non-hydrogen) atoms. The molecule has 2 fully saturated rings. The summed E-state index contributed by atoms with van der Waals surface area (Å²) in [5.74, 6) is -2.48. The van der Waals surface area contributed by atoms with E-state index >= 15 is 0 Å². The van der Waals surface area contributed by atoms with Gasteiger partial charge in [-0.3, -0.25) is 24.5 Å². The second-order valence-corrected chi connectivity index (χ2v) is 11.2. The molecule has 3 aromatic rings. The zero-order valence-corrected chi connectivity index (χ0v) is 22.8. The number of esters is 1. The summed E-state index contributed by atoms with van der Waals surface area (Å²) >= 11 is 1.30. The van der Waals surface area contributed by atoms with Gasteiger partial charge in [0.25, 0.3) is 11.6 Å².